The molecule has 1 atom stereocenters. The van der Waals surface area contributed by atoms with Gasteiger partial charge in [0.05, 0.1) is 20.3 Å². The second-order valence-electron chi connectivity index (χ2n) is 6.71. The fourth-order valence-corrected chi connectivity index (χ4v) is 3.50. The van der Waals surface area contributed by atoms with Crippen LogP contribution in [0.1, 0.15) is 18.4 Å². The van der Waals surface area contributed by atoms with Crippen LogP contribution in [0.5, 0.6) is 5.75 Å². The monoisotopic (exact) mass is 352 g/mol. The van der Waals surface area contributed by atoms with Gasteiger partial charge in [0.2, 0.25) is 0 Å². The highest BCUT2D eigenvalue weighted by Gasteiger charge is 2.43. The number of benzene rings is 1. The molecule has 0 saturated carbocycles. The van der Waals surface area contributed by atoms with Gasteiger partial charge in [-0.1, -0.05) is 0 Å². The van der Waals surface area contributed by atoms with Crippen LogP contribution >= 0.6 is 0 Å². The molecule has 138 valence electrons. The summed E-state index contributed by atoms with van der Waals surface area (Å²) in [5.74, 6) is -0.159. The van der Waals surface area contributed by atoms with Crippen LogP contribution in [0.3, 0.4) is 0 Å². The van der Waals surface area contributed by atoms with Crippen LogP contribution in [-0.2, 0) is 16.1 Å². The normalized spacial score (nSPS) is 25.2. The zero-order chi connectivity index (χ0) is 17.9. The summed E-state index contributed by atoms with van der Waals surface area (Å²) in [5, 5.41) is 10.9. The van der Waals surface area contributed by atoms with Crippen LogP contribution in [0, 0.1) is 5.82 Å². The summed E-state index contributed by atoms with van der Waals surface area (Å²) in [4.78, 5) is 16.5. The van der Waals surface area contributed by atoms with Crippen molar-refractivity contribution in [3.8, 4) is 5.75 Å². The van der Waals surface area contributed by atoms with Crippen molar-refractivity contribution in [2.24, 2.45) is 0 Å². The molecule has 25 heavy (non-hydrogen) atoms. The number of ether oxygens (including phenoxy) is 2. The fourth-order valence-electron chi connectivity index (χ4n) is 3.50. The largest absolute Gasteiger partial charge is 0.497 e. The molecule has 0 bridgehead atoms. The molecule has 3 rings (SSSR count). The number of halogens is 1. The third kappa shape index (κ3) is 4.11. The van der Waals surface area contributed by atoms with Gasteiger partial charge in [0.15, 0.2) is 5.60 Å². The van der Waals surface area contributed by atoms with Gasteiger partial charge in [-0.2, -0.15) is 0 Å². The van der Waals surface area contributed by atoms with Crippen molar-refractivity contribution in [1.82, 2.24) is 9.80 Å². The van der Waals surface area contributed by atoms with E-state index in [2.05, 4.69) is 4.90 Å². The topological polar surface area (TPSA) is 62.2 Å². The second kappa shape index (κ2) is 7.68. The lowest BCUT2D eigenvalue weighted by Crippen LogP contribution is -2.59. The van der Waals surface area contributed by atoms with Gasteiger partial charge in [-0.25, -0.2) is 4.39 Å². The Morgan fingerprint density at radius 1 is 1.32 bits per heavy atom. The lowest BCUT2D eigenvalue weighted by atomic mass is 9.90. The predicted octanol–water partition coefficient (Wildman–Crippen LogP) is 1.02. The Morgan fingerprint density at radius 3 is 2.80 bits per heavy atom. The first-order chi connectivity index (χ1) is 12.0. The third-order valence-electron chi connectivity index (χ3n) is 4.91. The number of carbonyl (C=O) groups is 1. The molecular formula is C18H25FN2O4. The molecule has 1 N–H and O–H groups in total. The Kier molecular flexibility index (Phi) is 5.56. The highest BCUT2D eigenvalue weighted by atomic mass is 19.1. The van der Waals surface area contributed by atoms with Crippen molar-refractivity contribution >= 4 is 5.91 Å². The van der Waals surface area contributed by atoms with E-state index in [4.69, 9.17) is 9.47 Å². The molecule has 1 aromatic carbocycles. The van der Waals surface area contributed by atoms with Crippen molar-refractivity contribution in [2.75, 3.05) is 46.5 Å². The van der Waals surface area contributed by atoms with E-state index in [0.717, 1.165) is 0 Å². The molecular weight excluding hydrogens is 327 g/mol. The number of hydrogen-bond acceptors (Lipinski definition) is 5. The van der Waals surface area contributed by atoms with Crippen LogP contribution in [0.15, 0.2) is 18.2 Å². The maximum atomic E-state index is 14.1. The van der Waals surface area contributed by atoms with Crippen molar-refractivity contribution in [1.29, 1.82) is 0 Å². The van der Waals surface area contributed by atoms with E-state index in [9.17, 15) is 14.3 Å². The Morgan fingerprint density at radius 2 is 2.08 bits per heavy atom. The van der Waals surface area contributed by atoms with Crippen LogP contribution in [0.4, 0.5) is 4.39 Å². The zero-order valence-electron chi connectivity index (χ0n) is 14.5. The van der Waals surface area contributed by atoms with Crippen molar-refractivity contribution in [3.63, 3.8) is 0 Å². The maximum absolute atomic E-state index is 14.1. The van der Waals surface area contributed by atoms with Gasteiger partial charge < -0.3 is 19.5 Å². The Balaban J connectivity index is 1.71. The average molecular weight is 352 g/mol. The van der Waals surface area contributed by atoms with Gasteiger partial charge in [-0.3, -0.25) is 9.69 Å². The van der Waals surface area contributed by atoms with Crippen LogP contribution in [0.2, 0.25) is 0 Å². The zero-order valence-corrected chi connectivity index (χ0v) is 14.5. The Bertz CT molecular complexity index is 621. The minimum Gasteiger partial charge on any atom is -0.497 e. The number of piperidine rings is 1. The maximum Gasteiger partial charge on any atom is 0.256 e. The quantitative estimate of drug-likeness (QED) is 0.857. The van der Waals surface area contributed by atoms with Crippen LogP contribution in [0.25, 0.3) is 0 Å². The highest BCUT2D eigenvalue weighted by Crippen LogP contribution is 2.27. The van der Waals surface area contributed by atoms with Crippen molar-refractivity contribution in [2.45, 2.75) is 25.0 Å². The van der Waals surface area contributed by atoms with E-state index in [1.807, 2.05) is 0 Å². The number of aliphatic hydroxyl groups is 1. The number of morpholine rings is 1. The number of β-amino-alcohol motifs (C(OH)–C–C–N with tert-alkyl or cyclic N) is 1. The van der Waals surface area contributed by atoms with Gasteiger partial charge in [0, 0.05) is 38.3 Å². The van der Waals surface area contributed by atoms with E-state index < -0.39 is 5.60 Å². The van der Waals surface area contributed by atoms with E-state index in [1.54, 1.807) is 17.0 Å². The van der Waals surface area contributed by atoms with Gasteiger partial charge >= 0.3 is 0 Å². The van der Waals surface area contributed by atoms with Crippen LogP contribution in [-0.4, -0.2) is 72.9 Å². The predicted molar refractivity (Wildman–Crippen MR) is 89.8 cm³/mol. The minimum atomic E-state index is -1.41. The summed E-state index contributed by atoms with van der Waals surface area (Å²) in [6.07, 6.45) is 1.12. The summed E-state index contributed by atoms with van der Waals surface area (Å²) in [6.45, 7) is 3.59. The number of likely N-dealkylation sites (tertiary alicyclic amines) is 1. The molecule has 0 aromatic heterocycles. The summed E-state index contributed by atoms with van der Waals surface area (Å²) in [6, 6.07) is 4.48. The number of nitrogens with zero attached hydrogens (tertiary/aromatic N) is 2. The molecule has 0 spiro atoms. The fraction of sp³-hybridized carbons (Fsp3) is 0.611. The summed E-state index contributed by atoms with van der Waals surface area (Å²) < 4.78 is 24.5. The van der Waals surface area contributed by atoms with Gasteiger partial charge in [-0.05, 0) is 31.0 Å². The molecule has 0 aliphatic carbocycles. The summed E-state index contributed by atoms with van der Waals surface area (Å²) in [7, 11) is 1.52. The SMILES string of the molecule is COc1ccc(F)c(CN2CCC[C@](O)(CN3CCOCC3)C2=O)c1. The van der Waals surface area contributed by atoms with E-state index in [1.165, 1.54) is 13.2 Å². The lowest BCUT2D eigenvalue weighted by molar-refractivity contribution is -0.161. The number of rotatable bonds is 5. The summed E-state index contributed by atoms with van der Waals surface area (Å²) in [5.41, 5.74) is -1.02. The number of hydrogen-bond donors (Lipinski definition) is 1. The molecule has 6 nitrogen and oxygen atoms in total. The number of carbonyl (C=O) groups excluding carboxylic acids is 1. The Labute approximate surface area is 147 Å². The van der Waals surface area contributed by atoms with Crippen LogP contribution < -0.4 is 4.74 Å². The van der Waals surface area contributed by atoms with Gasteiger partial charge in [-0.15, -0.1) is 0 Å². The average Bonchev–Trinajstić information content (AvgIpc) is 2.62. The first-order valence-corrected chi connectivity index (χ1v) is 8.66. The molecule has 2 fully saturated rings. The molecule has 0 radical (unpaired) electrons. The lowest BCUT2D eigenvalue weighted by Gasteiger charge is -2.41. The van der Waals surface area contributed by atoms with Gasteiger partial charge in [0.1, 0.15) is 11.6 Å². The third-order valence-corrected chi connectivity index (χ3v) is 4.91. The molecule has 2 aliphatic rings. The number of amides is 1. The molecule has 0 unspecified atom stereocenters. The highest BCUT2D eigenvalue weighted by molar-refractivity contribution is 5.86. The van der Waals surface area contributed by atoms with Crippen molar-refractivity contribution < 1.29 is 23.8 Å². The minimum absolute atomic E-state index is 0.132. The Hall–Kier alpha value is -1.70. The first-order valence-electron chi connectivity index (χ1n) is 8.66. The molecule has 1 amide bonds. The van der Waals surface area contributed by atoms with E-state index >= 15 is 0 Å². The van der Waals surface area contributed by atoms with Crippen molar-refractivity contribution in [3.05, 3.63) is 29.6 Å². The van der Waals surface area contributed by atoms with E-state index in [0.29, 0.717) is 63.5 Å². The molecule has 1 aromatic rings. The molecule has 2 saturated heterocycles. The molecule has 2 heterocycles. The second-order valence-corrected chi connectivity index (χ2v) is 6.71. The van der Waals surface area contributed by atoms with Gasteiger partial charge in [0.25, 0.3) is 5.91 Å². The number of methoxy groups -OCH3 is 1. The molecule has 7 heteroatoms. The smallest absolute Gasteiger partial charge is 0.256 e. The first kappa shape index (κ1) is 18.1. The molecule has 2 aliphatic heterocycles. The standard InChI is InChI=1S/C18H25FN2O4/c1-24-15-3-4-16(19)14(11-15)12-21-6-2-5-18(23,17(21)22)13-20-7-9-25-10-8-20/h3-4,11,23H,2,5-10,12-13H2,1H3/t18-/m0/s1. The summed E-state index contributed by atoms with van der Waals surface area (Å²) >= 11 is 0. The van der Waals surface area contributed by atoms with E-state index in [-0.39, 0.29) is 18.3 Å².